The number of anilines is 3. The largest absolute Gasteiger partial charge is 0.310 e. The number of hydrogen-bond acceptors (Lipinski definition) is 1. The molecule has 0 saturated heterocycles. The second-order valence-corrected chi connectivity index (χ2v) is 18.2. The second kappa shape index (κ2) is 15.8. The van der Waals surface area contributed by atoms with E-state index in [1.165, 1.54) is 142 Å². The van der Waals surface area contributed by atoms with Crippen molar-refractivity contribution in [3.05, 3.63) is 186 Å². The highest BCUT2D eigenvalue weighted by atomic mass is 15.1. The van der Waals surface area contributed by atoms with Crippen molar-refractivity contribution in [2.75, 3.05) is 4.90 Å². The first-order valence-electron chi connectivity index (χ1n) is 22.5. The van der Waals surface area contributed by atoms with Crippen molar-refractivity contribution in [3.63, 3.8) is 0 Å². The Hall–Kier alpha value is -5.66. The number of fused-ring (bicyclic) bond motifs is 3. The third kappa shape index (κ3) is 7.14. The number of nitrogens with zero attached hydrogens (tertiary/aromatic N) is 1. The molecule has 0 radical (unpaired) electrons. The Morgan fingerprint density at radius 1 is 0.390 bits per heavy atom. The number of hydrogen-bond donors (Lipinski definition) is 0. The standard InChI is InChI=1S/C58H57N/c1-40-52(45-29-27-43(28-30-45)41-15-6-4-7-16-41)24-14-25-53(40)48-21-13-22-50(38-48)59(51-35-36-55-54-23-10-11-26-56(54)58(2,3)57(55)39-51)49-33-31-44(32-34-49)47-20-12-19-46(37-47)42-17-8-5-9-18-42/h10-14,19-39,41-42H,4-9,15-18H2,1-3H3. The first-order chi connectivity index (χ1) is 28.9. The minimum atomic E-state index is -0.0885. The summed E-state index contributed by atoms with van der Waals surface area (Å²) in [5.74, 6) is 1.41. The monoisotopic (exact) mass is 767 g/mol. The fraction of sp³-hybridized carbons (Fsp3) is 0.276. The van der Waals surface area contributed by atoms with Gasteiger partial charge in [0, 0.05) is 22.5 Å². The molecule has 0 amide bonds. The van der Waals surface area contributed by atoms with Crippen LogP contribution in [-0.2, 0) is 5.41 Å². The van der Waals surface area contributed by atoms with Gasteiger partial charge in [0.2, 0.25) is 0 Å². The van der Waals surface area contributed by atoms with Crippen LogP contribution in [0.4, 0.5) is 17.1 Å². The molecule has 0 bridgehead atoms. The maximum Gasteiger partial charge on any atom is 0.0467 e. The van der Waals surface area contributed by atoms with Crippen LogP contribution >= 0.6 is 0 Å². The third-order valence-electron chi connectivity index (χ3n) is 14.3. The Bertz CT molecular complexity index is 2600. The van der Waals surface area contributed by atoms with Gasteiger partial charge in [-0.1, -0.05) is 174 Å². The summed E-state index contributed by atoms with van der Waals surface area (Å²) in [5.41, 5.74) is 20.9. The zero-order valence-corrected chi connectivity index (χ0v) is 35.2. The summed E-state index contributed by atoms with van der Waals surface area (Å²) in [6.45, 7) is 7.05. The lowest BCUT2D eigenvalue weighted by atomic mass is 9.82. The second-order valence-electron chi connectivity index (χ2n) is 18.2. The van der Waals surface area contributed by atoms with Crippen molar-refractivity contribution in [1.82, 2.24) is 0 Å². The van der Waals surface area contributed by atoms with Gasteiger partial charge in [0.1, 0.15) is 0 Å². The molecular weight excluding hydrogens is 711 g/mol. The maximum atomic E-state index is 2.47. The van der Waals surface area contributed by atoms with E-state index in [2.05, 4.69) is 183 Å². The average molecular weight is 768 g/mol. The Morgan fingerprint density at radius 2 is 0.949 bits per heavy atom. The molecule has 10 rings (SSSR count). The first kappa shape index (κ1) is 37.6. The molecule has 0 aliphatic heterocycles. The molecule has 2 saturated carbocycles. The molecule has 1 heteroatoms. The Kier molecular flexibility index (Phi) is 10.1. The van der Waals surface area contributed by atoms with Crippen molar-refractivity contribution in [1.29, 1.82) is 0 Å². The van der Waals surface area contributed by atoms with Crippen molar-refractivity contribution < 1.29 is 0 Å². The van der Waals surface area contributed by atoms with Crippen LogP contribution < -0.4 is 4.90 Å². The molecule has 7 aromatic rings. The van der Waals surface area contributed by atoms with Crippen LogP contribution in [-0.4, -0.2) is 0 Å². The van der Waals surface area contributed by atoms with Gasteiger partial charge in [0.15, 0.2) is 0 Å². The molecule has 2 fully saturated rings. The van der Waals surface area contributed by atoms with Gasteiger partial charge in [-0.2, -0.15) is 0 Å². The van der Waals surface area contributed by atoms with Gasteiger partial charge in [-0.25, -0.2) is 0 Å². The van der Waals surface area contributed by atoms with Crippen molar-refractivity contribution >= 4 is 17.1 Å². The molecule has 59 heavy (non-hydrogen) atoms. The Morgan fingerprint density at radius 3 is 1.69 bits per heavy atom. The van der Waals surface area contributed by atoms with Gasteiger partial charge < -0.3 is 4.90 Å². The molecule has 3 aliphatic rings. The predicted octanol–water partition coefficient (Wildman–Crippen LogP) is 16.9. The highest BCUT2D eigenvalue weighted by molar-refractivity contribution is 5.87. The van der Waals surface area contributed by atoms with E-state index in [1.807, 2.05) is 0 Å². The molecule has 0 atom stereocenters. The van der Waals surface area contributed by atoms with Crippen molar-refractivity contribution in [2.24, 2.45) is 0 Å². The smallest absolute Gasteiger partial charge is 0.0467 e. The Balaban J connectivity index is 1.03. The molecule has 0 heterocycles. The van der Waals surface area contributed by atoms with E-state index in [4.69, 9.17) is 0 Å². The quantitative estimate of drug-likeness (QED) is 0.149. The zero-order chi connectivity index (χ0) is 39.9. The van der Waals surface area contributed by atoms with Gasteiger partial charge in [-0.15, -0.1) is 0 Å². The molecule has 0 aromatic heterocycles. The van der Waals surface area contributed by atoms with Gasteiger partial charge in [0.05, 0.1) is 0 Å². The minimum absolute atomic E-state index is 0.0885. The summed E-state index contributed by atoms with van der Waals surface area (Å²) in [7, 11) is 0. The molecule has 0 spiro atoms. The normalized spacial score (nSPS) is 16.4. The van der Waals surface area contributed by atoms with Crippen LogP contribution in [0, 0.1) is 6.92 Å². The molecule has 7 aromatic carbocycles. The van der Waals surface area contributed by atoms with Crippen molar-refractivity contribution in [2.45, 2.75) is 102 Å². The predicted molar refractivity (Wildman–Crippen MR) is 251 cm³/mol. The Labute approximate surface area is 352 Å². The summed E-state index contributed by atoms with van der Waals surface area (Å²) >= 11 is 0. The van der Waals surface area contributed by atoms with E-state index in [9.17, 15) is 0 Å². The lowest BCUT2D eigenvalue weighted by Crippen LogP contribution is -2.16. The van der Waals surface area contributed by atoms with Gasteiger partial charge in [-0.05, 0) is 153 Å². The SMILES string of the molecule is Cc1c(-c2ccc(C3CCCCC3)cc2)cccc1-c1cccc(N(c2ccc(-c3cccc(C4CCCCC4)c3)cc2)c2ccc3c(c2)C(C)(C)c2ccccc2-3)c1. The van der Waals surface area contributed by atoms with Crippen LogP contribution in [0.15, 0.2) is 158 Å². The van der Waals surface area contributed by atoms with E-state index in [0.717, 1.165) is 17.3 Å². The highest BCUT2D eigenvalue weighted by Crippen LogP contribution is 2.51. The van der Waals surface area contributed by atoms with Crippen LogP contribution in [0.25, 0.3) is 44.5 Å². The van der Waals surface area contributed by atoms with E-state index < -0.39 is 0 Å². The summed E-state index contributed by atoms with van der Waals surface area (Å²) in [6.07, 6.45) is 13.5. The van der Waals surface area contributed by atoms with Crippen LogP contribution in [0.3, 0.4) is 0 Å². The van der Waals surface area contributed by atoms with E-state index in [1.54, 1.807) is 0 Å². The lowest BCUT2D eigenvalue weighted by molar-refractivity contribution is 0.443. The zero-order valence-electron chi connectivity index (χ0n) is 35.2. The van der Waals surface area contributed by atoms with E-state index >= 15 is 0 Å². The molecular formula is C58H57N. The molecule has 0 unspecified atom stereocenters. The molecule has 294 valence electrons. The fourth-order valence-electron chi connectivity index (χ4n) is 10.9. The minimum Gasteiger partial charge on any atom is -0.310 e. The molecule has 1 nitrogen and oxygen atoms in total. The topological polar surface area (TPSA) is 3.24 Å². The fourth-order valence-corrected chi connectivity index (χ4v) is 10.9. The van der Waals surface area contributed by atoms with Crippen molar-refractivity contribution in [3.8, 4) is 44.5 Å². The summed E-state index contributed by atoms with van der Waals surface area (Å²) in [5, 5.41) is 0. The van der Waals surface area contributed by atoms with Gasteiger partial charge >= 0.3 is 0 Å². The first-order valence-corrected chi connectivity index (χ1v) is 22.5. The van der Waals surface area contributed by atoms with E-state index in [0.29, 0.717) is 5.92 Å². The van der Waals surface area contributed by atoms with Gasteiger partial charge in [-0.3, -0.25) is 0 Å². The highest BCUT2D eigenvalue weighted by Gasteiger charge is 2.35. The summed E-state index contributed by atoms with van der Waals surface area (Å²) in [6, 6.07) is 60.2. The molecule has 3 aliphatic carbocycles. The van der Waals surface area contributed by atoms with Crippen LogP contribution in [0.2, 0.25) is 0 Å². The molecule has 0 N–H and O–H groups in total. The summed E-state index contributed by atoms with van der Waals surface area (Å²) < 4.78 is 0. The lowest BCUT2D eigenvalue weighted by Gasteiger charge is -2.29. The van der Waals surface area contributed by atoms with Crippen LogP contribution in [0.5, 0.6) is 0 Å². The number of rotatable bonds is 8. The maximum absolute atomic E-state index is 2.47. The van der Waals surface area contributed by atoms with Crippen LogP contribution in [0.1, 0.15) is 118 Å². The van der Waals surface area contributed by atoms with E-state index in [-0.39, 0.29) is 5.41 Å². The van der Waals surface area contributed by atoms with Gasteiger partial charge in [0.25, 0.3) is 0 Å². The third-order valence-corrected chi connectivity index (χ3v) is 14.3. The number of benzene rings is 7. The average Bonchev–Trinajstić information content (AvgIpc) is 3.53. The summed E-state index contributed by atoms with van der Waals surface area (Å²) in [4.78, 5) is 2.47.